The van der Waals surface area contributed by atoms with Crippen molar-refractivity contribution >= 4 is 21.6 Å². The van der Waals surface area contributed by atoms with Gasteiger partial charge in [0.2, 0.25) is 15.9 Å². The molecule has 140 valence electrons. The highest BCUT2D eigenvalue weighted by molar-refractivity contribution is 7.89. The third-order valence-electron chi connectivity index (χ3n) is 5.19. The topological polar surface area (TPSA) is 93.7 Å². The summed E-state index contributed by atoms with van der Waals surface area (Å²) in [5.41, 5.74) is 1.62. The van der Waals surface area contributed by atoms with Gasteiger partial charge in [0, 0.05) is 5.69 Å². The molecule has 2 aromatic carbocycles. The number of hydrogen-bond donors (Lipinski definition) is 2. The molecule has 0 aromatic heterocycles. The summed E-state index contributed by atoms with van der Waals surface area (Å²) in [5.74, 6) is 1.20. The van der Waals surface area contributed by atoms with Gasteiger partial charge < -0.3 is 14.8 Å². The van der Waals surface area contributed by atoms with Gasteiger partial charge in [0.05, 0.1) is 16.9 Å². The summed E-state index contributed by atoms with van der Waals surface area (Å²) in [6, 6.07) is 10.3. The molecule has 2 heterocycles. The molecule has 0 spiro atoms. The Morgan fingerprint density at radius 1 is 1.00 bits per heavy atom. The summed E-state index contributed by atoms with van der Waals surface area (Å²) in [4.78, 5) is 11.7. The molecule has 0 unspecified atom stereocenters. The third kappa shape index (κ3) is 2.85. The van der Waals surface area contributed by atoms with Gasteiger partial charge in [-0.3, -0.25) is 4.79 Å². The molecular weight excluding hydrogens is 368 g/mol. The molecule has 2 N–H and O–H groups in total. The van der Waals surface area contributed by atoms with Crippen molar-refractivity contribution in [3.05, 3.63) is 47.5 Å². The van der Waals surface area contributed by atoms with Gasteiger partial charge in [-0.2, -0.15) is 0 Å². The number of nitrogens with one attached hydrogen (secondary N) is 2. The standard InChI is InChI=1S/C19H18N2O5S/c22-18-10-12-9-14(2-3-15(12)20-18)27(23,24)21-19(5-6-19)13-1-4-16-17(11-13)26-8-7-25-16/h1-4,9,11,21H,5-8,10H2,(H,20,22). The summed E-state index contributed by atoms with van der Waals surface area (Å²) >= 11 is 0. The maximum atomic E-state index is 13.0. The lowest BCUT2D eigenvalue weighted by Gasteiger charge is -2.22. The highest BCUT2D eigenvalue weighted by Gasteiger charge is 2.48. The molecule has 3 aliphatic rings. The molecule has 5 rings (SSSR count). The van der Waals surface area contributed by atoms with Crippen LogP contribution in [-0.4, -0.2) is 27.5 Å². The van der Waals surface area contributed by atoms with Gasteiger partial charge in [-0.05, 0) is 54.3 Å². The monoisotopic (exact) mass is 386 g/mol. The SMILES string of the molecule is O=C1Cc2cc(S(=O)(=O)NC3(c4ccc5c(c4)OCCO5)CC3)ccc2N1. The molecule has 2 aromatic rings. The number of carbonyl (C=O) groups excluding carboxylic acids is 1. The zero-order valence-corrected chi connectivity index (χ0v) is 15.3. The minimum absolute atomic E-state index is 0.123. The van der Waals surface area contributed by atoms with Crippen LogP contribution in [0.2, 0.25) is 0 Å². The van der Waals surface area contributed by atoms with E-state index in [0.717, 1.165) is 18.4 Å². The summed E-state index contributed by atoms with van der Waals surface area (Å²) < 4.78 is 39.9. The number of ether oxygens (including phenoxy) is 2. The summed E-state index contributed by atoms with van der Waals surface area (Å²) in [5, 5.41) is 2.71. The molecule has 7 nitrogen and oxygen atoms in total. The molecule has 1 saturated carbocycles. The summed E-state index contributed by atoms with van der Waals surface area (Å²) in [7, 11) is -3.73. The molecule has 2 aliphatic heterocycles. The first kappa shape index (κ1) is 16.6. The molecular formula is C19H18N2O5S. The predicted octanol–water partition coefficient (Wildman–Crippen LogP) is 1.92. The lowest BCUT2D eigenvalue weighted by Crippen LogP contribution is -2.35. The van der Waals surface area contributed by atoms with Crippen molar-refractivity contribution < 1.29 is 22.7 Å². The zero-order valence-electron chi connectivity index (χ0n) is 14.4. The van der Waals surface area contributed by atoms with Gasteiger partial charge in [-0.1, -0.05) is 6.07 Å². The molecule has 1 amide bonds. The van der Waals surface area contributed by atoms with Crippen LogP contribution in [0.15, 0.2) is 41.3 Å². The van der Waals surface area contributed by atoms with Crippen molar-refractivity contribution in [1.82, 2.24) is 4.72 Å². The van der Waals surface area contributed by atoms with Crippen LogP contribution >= 0.6 is 0 Å². The molecule has 0 saturated heterocycles. The number of fused-ring (bicyclic) bond motifs is 2. The number of sulfonamides is 1. The Bertz CT molecular complexity index is 1060. The average Bonchev–Trinajstić information content (AvgIpc) is 3.32. The van der Waals surface area contributed by atoms with Crippen molar-refractivity contribution in [2.24, 2.45) is 0 Å². The average molecular weight is 386 g/mol. The molecule has 1 fully saturated rings. The fourth-order valence-corrected chi connectivity index (χ4v) is 5.10. The number of hydrogen-bond acceptors (Lipinski definition) is 5. The van der Waals surface area contributed by atoms with E-state index < -0.39 is 15.6 Å². The van der Waals surface area contributed by atoms with Crippen LogP contribution in [0.1, 0.15) is 24.0 Å². The lowest BCUT2D eigenvalue weighted by molar-refractivity contribution is -0.115. The Kier molecular flexibility index (Phi) is 3.50. The van der Waals surface area contributed by atoms with Crippen LogP contribution in [0.5, 0.6) is 11.5 Å². The van der Waals surface area contributed by atoms with Crippen LogP contribution in [0.4, 0.5) is 5.69 Å². The normalized spacial score (nSPS) is 19.3. The number of rotatable bonds is 4. The van der Waals surface area contributed by atoms with Crippen molar-refractivity contribution in [3.63, 3.8) is 0 Å². The predicted molar refractivity (Wildman–Crippen MR) is 97.4 cm³/mol. The quantitative estimate of drug-likeness (QED) is 0.837. The Balaban J connectivity index is 1.44. The van der Waals surface area contributed by atoms with Crippen molar-refractivity contribution in [2.45, 2.75) is 29.7 Å². The van der Waals surface area contributed by atoms with Crippen molar-refractivity contribution in [3.8, 4) is 11.5 Å². The minimum atomic E-state index is -3.73. The van der Waals surface area contributed by atoms with Crippen molar-refractivity contribution in [1.29, 1.82) is 0 Å². The molecule has 27 heavy (non-hydrogen) atoms. The van der Waals surface area contributed by atoms with Crippen molar-refractivity contribution in [2.75, 3.05) is 18.5 Å². The van der Waals surface area contributed by atoms with Gasteiger partial charge in [0.15, 0.2) is 11.5 Å². The van der Waals surface area contributed by atoms with Crippen LogP contribution in [0.25, 0.3) is 0 Å². The summed E-state index contributed by atoms with van der Waals surface area (Å²) in [6.45, 7) is 0.997. The van der Waals surface area contributed by atoms with E-state index in [-0.39, 0.29) is 17.2 Å². The van der Waals surface area contributed by atoms with Crippen LogP contribution in [-0.2, 0) is 26.8 Å². The van der Waals surface area contributed by atoms with E-state index in [4.69, 9.17) is 9.47 Å². The van der Waals surface area contributed by atoms with Gasteiger partial charge in [-0.15, -0.1) is 0 Å². The molecule has 0 radical (unpaired) electrons. The Hall–Kier alpha value is -2.58. The lowest BCUT2D eigenvalue weighted by atomic mass is 10.1. The van der Waals surface area contributed by atoms with E-state index in [1.807, 2.05) is 18.2 Å². The Morgan fingerprint density at radius 2 is 1.78 bits per heavy atom. The highest BCUT2D eigenvalue weighted by atomic mass is 32.2. The fourth-order valence-electron chi connectivity index (χ4n) is 3.60. The van der Waals surface area contributed by atoms with E-state index in [1.54, 1.807) is 12.1 Å². The number of benzene rings is 2. The second kappa shape index (κ2) is 5.71. The van der Waals surface area contributed by atoms with Gasteiger partial charge in [-0.25, -0.2) is 13.1 Å². The van der Waals surface area contributed by atoms with Gasteiger partial charge in [0.25, 0.3) is 0 Å². The fraction of sp³-hybridized carbons (Fsp3) is 0.316. The van der Waals surface area contributed by atoms with E-state index in [2.05, 4.69) is 10.0 Å². The largest absolute Gasteiger partial charge is 0.486 e. The van der Waals surface area contributed by atoms with E-state index in [9.17, 15) is 13.2 Å². The smallest absolute Gasteiger partial charge is 0.241 e. The number of carbonyl (C=O) groups is 1. The maximum absolute atomic E-state index is 13.0. The first-order valence-electron chi connectivity index (χ1n) is 8.82. The zero-order chi connectivity index (χ0) is 18.6. The highest BCUT2D eigenvalue weighted by Crippen LogP contribution is 2.48. The second-order valence-corrected chi connectivity index (χ2v) is 8.77. The van der Waals surface area contributed by atoms with Crippen LogP contribution < -0.4 is 19.5 Å². The Labute approximate surface area is 156 Å². The summed E-state index contributed by atoms with van der Waals surface area (Å²) in [6.07, 6.45) is 1.64. The first-order chi connectivity index (χ1) is 13.0. The van der Waals surface area contributed by atoms with E-state index in [1.165, 1.54) is 6.07 Å². The first-order valence-corrected chi connectivity index (χ1v) is 10.3. The third-order valence-corrected chi connectivity index (χ3v) is 6.72. The molecule has 0 bridgehead atoms. The van der Waals surface area contributed by atoms with E-state index >= 15 is 0 Å². The maximum Gasteiger partial charge on any atom is 0.241 e. The van der Waals surface area contributed by atoms with E-state index in [0.29, 0.717) is 36.0 Å². The second-order valence-electron chi connectivity index (χ2n) is 7.09. The van der Waals surface area contributed by atoms with Gasteiger partial charge >= 0.3 is 0 Å². The molecule has 0 atom stereocenters. The van der Waals surface area contributed by atoms with Gasteiger partial charge in [0.1, 0.15) is 13.2 Å². The molecule has 8 heteroatoms. The number of amides is 1. The van der Waals surface area contributed by atoms with Crippen LogP contribution in [0, 0.1) is 0 Å². The molecule has 1 aliphatic carbocycles. The van der Waals surface area contributed by atoms with Crippen LogP contribution in [0.3, 0.4) is 0 Å². The Morgan fingerprint density at radius 3 is 2.56 bits per heavy atom. The minimum Gasteiger partial charge on any atom is -0.486 e. The number of anilines is 1.